The van der Waals surface area contributed by atoms with Gasteiger partial charge in [-0.25, -0.2) is 4.98 Å². The molecule has 1 heterocycles. The summed E-state index contributed by atoms with van der Waals surface area (Å²) in [6, 6.07) is 0. The van der Waals surface area contributed by atoms with E-state index in [1.54, 1.807) is 0 Å². The first-order valence-corrected chi connectivity index (χ1v) is 6.08. The zero-order chi connectivity index (χ0) is 10.7. The van der Waals surface area contributed by atoms with Crippen molar-refractivity contribution < 1.29 is 0 Å². The zero-order valence-electron chi connectivity index (χ0n) is 9.52. The van der Waals surface area contributed by atoms with Crippen molar-refractivity contribution in [3.05, 3.63) is 18.2 Å². The Bertz CT molecular complexity index is 306. The number of imidazole rings is 1. The summed E-state index contributed by atoms with van der Waals surface area (Å²) < 4.78 is 2.26. The molecule has 1 aliphatic carbocycles. The molecule has 2 atom stereocenters. The van der Waals surface area contributed by atoms with Crippen LogP contribution in [0, 0.1) is 5.92 Å². The molecule has 1 aromatic heterocycles. The fourth-order valence-corrected chi connectivity index (χ4v) is 2.75. The van der Waals surface area contributed by atoms with Gasteiger partial charge in [-0.05, 0) is 32.2 Å². The van der Waals surface area contributed by atoms with Crippen LogP contribution in [0.5, 0.6) is 0 Å². The van der Waals surface area contributed by atoms with Gasteiger partial charge in [-0.3, -0.25) is 0 Å². The van der Waals surface area contributed by atoms with Gasteiger partial charge in [0.25, 0.3) is 0 Å². The minimum atomic E-state index is 0.596. The highest BCUT2D eigenvalue weighted by Crippen LogP contribution is 2.36. The quantitative estimate of drug-likeness (QED) is 0.825. The lowest BCUT2D eigenvalue weighted by Gasteiger charge is -2.30. The predicted octanol–water partition coefficient (Wildman–Crippen LogP) is 2.14. The molecule has 0 bridgehead atoms. The van der Waals surface area contributed by atoms with Crippen molar-refractivity contribution in [1.29, 1.82) is 0 Å². The molecule has 0 saturated heterocycles. The minimum Gasteiger partial charge on any atom is -0.335 e. The summed E-state index contributed by atoms with van der Waals surface area (Å²) in [5, 5.41) is 0. The topological polar surface area (TPSA) is 43.8 Å². The molecule has 0 radical (unpaired) electrons. The van der Waals surface area contributed by atoms with Crippen molar-refractivity contribution >= 4 is 0 Å². The molecule has 0 aromatic carbocycles. The van der Waals surface area contributed by atoms with Gasteiger partial charge in [0, 0.05) is 24.9 Å². The van der Waals surface area contributed by atoms with E-state index in [0.717, 1.165) is 13.1 Å². The molecule has 2 unspecified atom stereocenters. The summed E-state index contributed by atoms with van der Waals surface area (Å²) in [4.78, 5) is 4.52. The summed E-state index contributed by atoms with van der Waals surface area (Å²) in [6.45, 7) is 4.00. The van der Waals surface area contributed by atoms with Gasteiger partial charge >= 0.3 is 0 Å². The summed E-state index contributed by atoms with van der Waals surface area (Å²) in [5.74, 6) is 2.50. The Morgan fingerprint density at radius 1 is 1.47 bits per heavy atom. The maximum Gasteiger partial charge on any atom is 0.112 e. The Hall–Kier alpha value is -0.830. The van der Waals surface area contributed by atoms with Crippen LogP contribution in [0.25, 0.3) is 0 Å². The molecule has 3 heteroatoms. The monoisotopic (exact) mass is 207 g/mol. The largest absolute Gasteiger partial charge is 0.335 e. The van der Waals surface area contributed by atoms with Gasteiger partial charge in [0.05, 0.1) is 0 Å². The number of nitrogens with two attached hydrogens (primary N) is 1. The summed E-state index contributed by atoms with van der Waals surface area (Å²) in [7, 11) is 0. The van der Waals surface area contributed by atoms with Crippen LogP contribution in [0.1, 0.15) is 44.3 Å². The highest BCUT2D eigenvalue weighted by molar-refractivity contribution is 5.04. The van der Waals surface area contributed by atoms with Crippen molar-refractivity contribution in [3.8, 4) is 0 Å². The first-order valence-electron chi connectivity index (χ1n) is 6.08. The fraction of sp³-hybridized carbons (Fsp3) is 0.750. The first-order chi connectivity index (χ1) is 7.36. The Kier molecular flexibility index (Phi) is 3.41. The SMILES string of the molecule is CCn1ccnc1C1CCCCC1CN. The van der Waals surface area contributed by atoms with Crippen LogP contribution in [-0.2, 0) is 6.54 Å². The predicted molar refractivity (Wildman–Crippen MR) is 61.7 cm³/mol. The molecular formula is C12H21N3. The van der Waals surface area contributed by atoms with Gasteiger partial charge in [0.15, 0.2) is 0 Å². The van der Waals surface area contributed by atoms with E-state index in [1.807, 2.05) is 6.20 Å². The molecule has 2 rings (SSSR count). The molecule has 84 valence electrons. The molecule has 0 amide bonds. The van der Waals surface area contributed by atoms with E-state index < -0.39 is 0 Å². The highest BCUT2D eigenvalue weighted by atomic mass is 15.1. The van der Waals surface area contributed by atoms with Gasteiger partial charge in [0.2, 0.25) is 0 Å². The smallest absolute Gasteiger partial charge is 0.112 e. The van der Waals surface area contributed by atoms with Gasteiger partial charge in [-0.15, -0.1) is 0 Å². The third-order valence-electron chi connectivity index (χ3n) is 3.63. The second-order valence-corrected chi connectivity index (χ2v) is 4.46. The lowest BCUT2D eigenvalue weighted by molar-refractivity contribution is 0.298. The Morgan fingerprint density at radius 3 is 3.00 bits per heavy atom. The van der Waals surface area contributed by atoms with E-state index in [4.69, 9.17) is 5.73 Å². The van der Waals surface area contributed by atoms with E-state index in [9.17, 15) is 0 Å². The molecule has 3 nitrogen and oxygen atoms in total. The number of hydrogen-bond acceptors (Lipinski definition) is 2. The van der Waals surface area contributed by atoms with Crippen LogP contribution in [0.3, 0.4) is 0 Å². The standard InChI is InChI=1S/C12H21N3/c1-2-15-8-7-14-12(15)11-6-4-3-5-10(11)9-13/h7-8,10-11H,2-6,9,13H2,1H3. The molecule has 0 spiro atoms. The van der Waals surface area contributed by atoms with Crippen LogP contribution >= 0.6 is 0 Å². The number of nitrogens with zero attached hydrogens (tertiary/aromatic N) is 2. The highest BCUT2D eigenvalue weighted by Gasteiger charge is 2.28. The number of aromatic nitrogens is 2. The molecule has 1 aliphatic rings. The molecule has 1 saturated carbocycles. The molecule has 15 heavy (non-hydrogen) atoms. The maximum atomic E-state index is 5.85. The summed E-state index contributed by atoms with van der Waals surface area (Å²) in [6.07, 6.45) is 9.21. The van der Waals surface area contributed by atoms with Gasteiger partial charge in [0.1, 0.15) is 5.82 Å². The van der Waals surface area contributed by atoms with Crippen LogP contribution in [-0.4, -0.2) is 16.1 Å². The molecule has 2 N–H and O–H groups in total. The van der Waals surface area contributed by atoms with Crippen molar-refractivity contribution in [2.24, 2.45) is 11.7 Å². The number of rotatable bonds is 3. The number of aryl methyl sites for hydroxylation is 1. The van der Waals surface area contributed by atoms with Crippen molar-refractivity contribution in [2.45, 2.75) is 45.1 Å². The minimum absolute atomic E-state index is 0.596. The first kappa shape index (κ1) is 10.7. The summed E-state index contributed by atoms with van der Waals surface area (Å²) in [5.41, 5.74) is 5.85. The normalized spacial score (nSPS) is 26.8. The number of hydrogen-bond donors (Lipinski definition) is 1. The third kappa shape index (κ3) is 2.07. The molecule has 1 fully saturated rings. The molecule has 0 aliphatic heterocycles. The Morgan fingerprint density at radius 2 is 2.27 bits per heavy atom. The molecule has 1 aromatic rings. The fourth-order valence-electron chi connectivity index (χ4n) is 2.75. The van der Waals surface area contributed by atoms with E-state index in [-0.39, 0.29) is 0 Å². The maximum absolute atomic E-state index is 5.85. The zero-order valence-corrected chi connectivity index (χ0v) is 9.52. The van der Waals surface area contributed by atoms with Crippen LogP contribution in [0.2, 0.25) is 0 Å². The van der Waals surface area contributed by atoms with E-state index in [1.165, 1.54) is 31.5 Å². The summed E-state index contributed by atoms with van der Waals surface area (Å²) >= 11 is 0. The lowest BCUT2D eigenvalue weighted by Crippen LogP contribution is -2.27. The van der Waals surface area contributed by atoms with Crippen molar-refractivity contribution in [3.63, 3.8) is 0 Å². The Labute approximate surface area is 91.7 Å². The Balaban J connectivity index is 2.20. The van der Waals surface area contributed by atoms with E-state index >= 15 is 0 Å². The molecular weight excluding hydrogens is 186 g/mol. The van der Waals surface area contributed by atoms with Gasteiger partial charge < -0.3 is 10.3 Å². The third-order valence-corrected chi connectivity index (χ3v) is 3.63. The average molecular weight is 207 g/mol. The van der Waals surface area contributed by atoms with Crippen molar-refractivity contribution in [1.82, 2.24) is 9.55 Å². The van der Waals surface area contributed by atoms with Crippen molar-refractivity contribution in [2.75, 3.05) is 6.54 Å². The van der Waals surface area contributed by atoms with Crippen LogP contribution in [0.4, 0.5) is 0 Å². The second kappa shape index (κ2) is 4.79. The van der Waals surface area contributed by atoms with Crippen LogP contribution < -0.4 is 5.73 Å². The lowest BCUT2D eigenvalue weighted by atomic mass is 9.79. The second-order valence-electron chi connectivity index (χ2n) is 4.46. The van der Waals surface area contributed by atoms with E-state index in [2.05, 4.69) is 22.7 Å². The van der Waals surface area contributed by atoms with Gasteiger partial charge in [-0.2, -0.15) is 0 Å². The average Bonchev–Trinajstić information content (AvgIpc) is 2.76. The van der Waals surface area contributed by atoms with E-state index in [0.29, 0.717) is 11.8 Å². The van der Waals surface area contributed by atoms with Crippen LogP contribution in [0.15, 0.2) is 12.4 Å². The van der Waals surface area contributed by atoms with Gasteiger partial charge in [-0.1, -0.05) is 12.8 Å².